The van der Waals surface area contributed by atoms with E-state index in [1.54, 1.807) is 6.08 Å². The Morgan fingerprint density at radius 3 is 2.46 bits per heavy atom. The Labute approximate surface area is 165 Å². The third-order valence-electron chi connectivity index (χ3n) is 5.40. The molecule has 0 aliphatic heterocycles. The fraction of sp³-hybridized carbons (Fsp3) is 0.409. The number of hydrogen-bond donors (Lipinski definition) is 1. The minimum atomic E-state index is -0.910. The van der Waals surface area contributed by atoms with Crippen molar-refractivity contribution in [2.75, 3.05) is 7.11 Å². The van der Waals surface area contributed by atoms with Gasteiger partial charge in [-0.1, -0.05) is 37.5 Å². The minimum Gasteiger partial charge on any atom is -0.467 e. The SMILES string of the molecule is COC(=O)C1(NC(=O)/C=C/c2c(C)nn(-c3ccccc3)c2C)CCCCC1. The van der Waals surface area contributed by atoms with Crippen molar-refractivity contribution in [3.63, 3.8) is 0 Å². The van der Waals surface area contributed by atoms with Crippen LogP contribution in [0, 0.1) is 13.8 Å². The summed E-state index contributed by atoms with van der Waals surface area (Å²) in [6, 6.07) is 9.87. The van der Waals surface area contributed by atoms with E-state index in [-0.39, 0.29) is 11.9 Å². The van der Waals surface area contributed by atoms with Crippen LogP contribution in [0.4, 0.5) is 0 Å². The lowest BCUT2D eigenvalue weighted by atomic mass is 9.81. The summed E-state index contributed by atoms with van der Waals surface area (Å²) in [4.78, 5) is 24.9. The van der Waals surface area contributed by atoms with E-state index in [1.165, 1.54) is 13.2 Å². The molecule has 1 N–H and O–H groups in total. The number of ether oxygens (including phenoxy) is 1. The highest BCUT2D eigenvalue weighted by Gasteiger charge is 2.41. The molecule has 28 heavy (non-hydrogen) atoms. The number of carbonyl (C=O) groups excluding carboxylic acids is 2. The molecule has 1 aromatic carbocycles. The van der Waals surface area contributed by atoms with Crippen LogP contribution in [0.2, 0.25) is 0 Å². The first-order chi connectivity index (χ1) is 13.5. The molecule has 0 saturated heterocycles. The minimum absolute atomic E-state index is 0.293. The van der Waals surface area contributed by atoms with E-state index >= 15 is 0 Å². The molecule has 0 radical (unpaired) electrons. The number of benzene rings is 1. The van der Waals surface area contributed by atoms with Crippen LogP contribution in [0.5, 0.6) is 0 Å². The average Bonchev–Trinajstić information content (AvgIpc) is 3.00. The number of esters is 1. The average molecular weight is 381 g/mol. The first-order valence-corrected chi connectivity index (χ1v) is 9.67. The lowest BCUT2D eigenvalue weighted by molar-refractivity contribution is -0.152. The second-order valence-corrected chi connectivity index (χ2v) is 7.29. The maximum absolute atomic E-state index is 12.6. The molecule has 1 aliphatic carbocycles. The molecule has 2 aromatic rings. The topological polar surface area (TPSA) is 73.2 Å². The van der Waals surface area contributed by atoms with Crippen molar-refractivity contribution in [2.24, 2.45) is 0 Å². The summed E-state index contributed by atoms with van der Waals surface area (Å²) in [5.41, 5.74) is 2.75. The Kier molecular flexibility index (Phi) is 5.97. The summed E-state index contributed by atoms with van der Waals surface area (Å²) in [5, 5.41) is 7.49. The molecular formula is C22H27N3O3. The zero-order valence-electron chi connectivity index (χ0n) is 16.7. The molecule has 3 rings (SSSR count). The third kappa shape index (κ3) is 4.01. The van der Waals surface area contributed by atoms with Gasteiger partial charge in [-0.2, -0.15) is 5.10 Å². The van der Waals surface area contributed by atoms with Gasteiger partial charge in [0.05, 0.1) is 18.5 Å². The number of carbonyl (C=O) groups is 2. The van der Waals surface area contributed by atoms with Crippen molar-refractivity contribution in [3.8, 4) is 5.69 Å². The molecule has 0 bridgehead atoms. The number of aryl methyl sites for hydroxylation is 1. The molecule has 6 nitrogen and oxygen atoms in total. The van der Waals surface area contributed by atoms with Crippen LogP contribution in [0.3, 0.4) is 0 Å². The van der Waals surface area contributed by atoms with Gasteiger partial charge in [-0.15, -0.1) is 0 Å². The fourth-order valence-electron chi connectivity index (χ4n) is 3.88. The van der Waals surface area contributed by atoms with E-state index in [4.69, 9.17) is 4.74 Å². The number of rotatable bonds is 5. The van der Waals surface area contributed by atoms with Crippen molar-refractivity contribution in [3.05, 3.63) is 53.4 Å². The summed E-state index contributed by atoms with van der Waals surface area (Å²) in [6.07, 6.45) is 7.35. The van der Waals surface area contributed by atoms with Crippen molar-refractivity contribution in [1.29, 1.82) is 0 Å². The Balaban J connectivity index is 1.79. The van der Waals surface area contributed by atoms with Crippen molar-refractivity contribution in [1.82, 2.24) is 15.1 Å². The van der Waals surface area contributed by atoms with Gasteiger partial charge < -0.3 is 10.1 Å². The van der Waals surface area contributed by atoms with Crippen molar-refractivity contribution < 1.29 is 14.3 Å². The Hall–Kier alpha value is -2.89. The van der Waals surface area contributed by atoms with Crippen LogP contribution >= 0.6 is 0 Å². The molecule has 6 heteroatoms. The molecule has 1 heterocycles. The van der Waals surface area contributed by atoms with E-state index in [0.29, 0.717) is 12.8 Å². The number of nitrogens with zero attached hydrogens (tertiary/aromatic N) is 2. The van der Waals surface area contributed by atoms with Crippen LogP contribution in [-0.2, 0) is 14.3 Å². The standard InChI is InChI=1S/C22H27N3O3/c1-16-19(17(2)25(24-16)18-10-6-4-7-11-18)12-13-20(26)23-22(21(27)28-3)14-8-5-9-15-22/h4,6-7,10-13H,5,8-9,14-15H2,1-3H3,(H,23,26)/b13-12+. The summed E-state index contributed by atoms with van der Waals surface area (Å²) in [6.45, 7) is 3.89. The third-order valence-corrected chi connectivity index (χ3v) is 5.40. The summed E-state index contributed by atoms with van der Waals surface area (Å²) >= 11 is 0. The molecular weight excluding hydrogens is 354 g/mol. The number of methoxy groups -OCH3 is 1. The maximum atomic E-state index is 12.6. The van der Waals surface area contributed by atoms with Gasteiger partial charge in [0.2, 0.25) is 5.91 Å². The number of aromatic nitrogens is 2. The monoisotopic (exact) mass is 381 g/mol. The van der Waals surface area contributed by atoms with Gasteiger partial charge in [0.15, 0.2) is 0 Å². The van der Waals surface area contributed by atoms with Crippen molar-refractivity contribution in [2.45, 2.75) is 51.5 Å². The second-order valence-electron chi connectivity index (χ2n) is 7.29. The molecule has 1 aliphatic rings. The highest BCUT2D eigenvalue weighted by atomic mass is 16.5. The predicted molar refractivity (Wildman–Crippen MR) is 108 cm³/mol. The second kappa shape index (κ2) is 8.42. The fourth-order valence-corrected chi connectivity index (χ4v) is 3.88. The van der Waals surface area contributed by atoms with Crippen LogP contribution in [0.15, 0.2) is 36.4 Å². The lowest BCUT2D eigenvalue weighted by Crippen LogP contribution is -2.55. The summed E-state index contributed by atoms with van der Waals surface area (Å²) < 4.78 is 6.82. The molecule has 0 spiro atoms. The quantitative estimate of drug-likeness (QED) is 0.636. The van der Waals surface area contributed by atoms with E-state index in [1.807, 2.05) is 48.9 Å². The molecule has 148 valence electrons. The number of para-hydroxylation sites is 1. The lowest BCUT2D eigenvalue weighted by Gasteiger charge is -2.34. The van der Waals surface area contributed by atoms with Crippen molar-refractivity contribution >= 4 is 18.0 Å². The van der Waals surface area contributed by atoms with Gasteiger partial charge in [0.25, 0.3) is 0 Å². The van der Waals surface area contributed by atoms with E-state index < -0.39 is 5.54 Å². The van der Waals surface area contributed by atoms with Gasteiger partial charge in [-0.25, -0.2) is 9.48 Å². The number of hydrogen-bond acceptors (Lipinski definition) is 4. The van der Waals surface area contributed by atoms with E-state index in [0.717, 1.165) is 41.9 Å². The van der Waals surface area contributed by atoms with Crippen LogP contribution in [0.1, 0.15) is 49.1 Å². The maximum Gasteiger partial charge on any atom is 0.331 e. The largest absolute Gasteiger partial charge is 0.467 e. The first-order valence-electron chi connectivity index (χ1n) is 9.67. The molecule has 1 aromatic heterocycles. The zero-order chi connectivity index (χ0) is 20.1. The Morgan fingerprint density at radius 2 is 1.82 bits per heavy atom. The number of amides is 1. The Bertz CT molecular complexity index is 878. The summed E-state index contributed by atoms with van der Waals surface area (Å²) in [5.74, 6) is -0.656. The van der Waals surface area contributed by atoms with Gasteiger partial charge in [0, 0.05) is 17.3 Å². The van der Waals surface area contributed by atoms with E-state index in [2.05, 4.69) is 10.4 Å². The molecule has 1 amide bonds. The molecule has 1 saturated carbocycles. The van der Waals surface area contributed by atoms with Gasteiger partial charge >= 0.3 is 5.97 Å². The highest BCUT2D eigenvalue weighted by Crippen LogP contribution is 2.29. The highest BCUT2D eigenvalue weighted by molar-refractivity contribution is 5.96. The van der Waals surface area contributed by atoms with Crippen LogP contribution < -0.4 is 5.32 Å². The predicted octanol–water partition coefficient (Wildman–Crippen LogP) is 3.49. The van der Waals surface area contributed by atoms with Gasteiger partial charge in [-0.05, 0) is 44.9 Å². The molecule has 0 unspecified atom stereocenters. The van der Waals surface area contributed by atoms with Gasteiger partial charge in [0.1, 0.15) is 5.54 Å². The zero-order valence-corrected chi connectivity index (χ0v) is 16.7. The smallest absolute Gasteiger partial charge is 0.331 e. The first kappa shape index (κ1) is 19.9. The van der Waals surface area contributed by atoms with Crippen LogP contribution in [-0.4, -0.2) is 34.3 Å². The Morgan fingerprint density at radius 1 is 1.14 bits per heavy atom. The normalized spacial score (nSPS) is 16.1. The summed E-state index contributed by atoms with van der Waals surface area (Å²) in [7, 11) is 1.37. The molecule has 1 fully saturated rings. The van der Waals surface area contributed by atoms with Gasteiger partial charge in [-0.3, -0.25) is 4.79 Å². The van der Waals surface area contributed by atoms with E-state index in [9.17, 15) is 9.59 Å². The molecule has 0 atom stereocenters. The van der Waals surface area contributed by atoms with Crippen LogP contribution in [0.25, 0.3) is 11.8 Å². The number of nitrogens with one attached hydrogen (secondary N) is 1.